The van der Waals surface area contributed by atoms with Crippen molar-refractivity contribution >= 4 is 19.1 Å². The summed E-state index contributed by atoms with van der Waals surface area (Å²) in [6, 6.07) is 25.3. The molecule has 3 heterocycles. The van der Waals surface area contributed by atoms with E-state index in [1.807, 2.05) is 96.8 Å². The van der Waals surface area contributed by atoms with Crippen molar-refractivity contribution in [2.24, 2.45) is 5.92 Å². The van der Waals surface area contributed by atoms with E-state index in [-0.39, 0.29) is 41.8 Å². The molecule has 6 rings (SSSR count). The minimum Gasteiger partial charge on any atom is -0.432 e. The van der Waals surface area contributed by atoms with Crippen molar-refractivity contribution in [3.63, 3.8) is 0 Å². The summed E-state index contributed by atoms with van der Waals surface area (Å²) in [7, 11) is -2.53. The highest BCUT2D eigenvalue weighted by Crippen LogP contribution is 2.45. The molecule has 9 nitrogen and oxygen atoms in total. The molecule has 3 aromatic carbocycles. The van der Waals surface area contributed by atoms with Gasteiger partial charge in [-0.05, 0) is 67.6 Å². The first kappa shape index (κ1) is 31.0. The quantitative estimate of drug-likeness (QED) is 0.197. The Bertz CT molecular complexity index is 1800. The number of benzene rings is 3. The Hall–Kier alpha value is -3.96. The summed E-state index contributed by atoms with van der Waals surface area (Å²) >= 11 is 0. The molecule has 2 aromatic heterocycles. The third-order valence-electron chi connectivity index (χ3n) is 9.23. The number of hydrogen-bond donors (Lipinski definition) is 2. The molecule has 1 unspecified atom stereocenters. The predicted molar refractivity (Wildman–Crippen MR) is 177 cm³/mol. The van der Waals surface area contributed by atoms with Crippen molar-refractivity contribution < 1.29 is 14.6 Å². The minimum atomic E-state index is -2.53. The van der Waals surface area contributed by atoms with E-state index in [0.29, 0.717) is 18.4 Å². The van der Waals surface area contributed by atoms with Gasteiger partial charge in [0.25, 0.3) is 5.56 Å². The van der Waals surface area contributed by atoms with Crippen LogP contribution in [0.3, 0.4) is 0 Å². The Kier molecular flexibility index (Phi) is 9.09. The standard InChI is InChI=1S/C35H41N5O4Si/c1-24-32(17-16-25-10-9-14-28(20-25)40-35(42)29-15-8-7-13-27(29)21-36-40)44-33(34(24)45(2,3)43)18-19-39-22-31(37-38-39)30(23-41)26-11-5-4-6-12-26/h4-15,20-22,24,30,32-34,41,43H,16-19,23H2,1-3H3/t24-,30?,32+,33-,34+/m1/s1. The second-order valence-electron chi connectivity index (χ2n) is 12.7. The van der Waals surface area contributed by atoms with E-state index in [1.165, 1.54) is 4.68 Å². The van der Waals surface area contributed by atoms with Crippen molar-refractivity contribution in [3.8, 4) is 5.69 Å². The number of nitrogens with zero attached hydrogens (tertiary/aromatic N) is 5. The van der Waals surface area contributed by atoms with Crippen LogP contribution >= 0.6 is 0 Å². The van der Waals surface area contributed by atoms with Crippen LogP contribution < -0.4 is 5.56 Å². The molecule has 5 atom stereocenters. The summed E-state index contributed by atoms with van der Waals surface area (Å²) in [5, 5.41) is 24.7. The normalized spacial score (nSPS) is 20.9. The van der Waals surface area contributed by atoms with Crippen LogP contribution in [0.15, 0.2) is 96.1 Å². The van der Waals surface area contributed by atoms with Crippen LogP contribution in [0.2, 0.25) is 18.6 Å². The summed E-state index contributed by atoms with van der Waals surface area (Å²) in [4.78, 5) is 24.4. The number of hydrogen-bond acceptors (Lipinski definition) is 7. The van der Waals surface area contributed by atoms with Crippen LogP contribution in [0.1, 0.15) is 42.5 Å². The fourth-order valence-electron chi connectivity index (χ4n) is 7.00. The molecule has 0 spiro atoms. The maximum Gasteiger partial charge on any atom is 0.279 e. The maximum atomic E-state index is 13.1. The zero-order valence-corrected chi connectivity index (χ0v) is 27.0. The molecule has 10 heteroatoms. The first-order chi connectivity index (χ1) is 21.7. The SMILES string of the molecule is C[C@H]1[C@H]([Si](C)(C)O)[C@@H](CCn2cc(C(CO)c3ccccc3)nn2)O[C@H]1CCc1cccc(-n2ncc3ccccc3c2=O)c1. The zero-order chi connectivity index (χ0) is 31.6. The van der Waals surface area contributed by atoms with Gasteiger partial charge in [-0.15, -0.1) is 5.10 Å². The molecule has 234 valence electrons. The number of fused-ring (bicyclic) bond motifs is 1. The van der Waals surface area contributed by atoms with Crippen LogP contribution in [0.4, 0.5) is 0 Å². The maximum absolute atomic E-state index is 13.1. The van der Waals surface area contributed by atoms with E-state index in [4.69, 9.17) is 4.74 Å². The van der Waals surface area contributed by atoms with E-state index in [9.17, 15) is 14.7 Å². The van der Waals surface area contributed by atoms with Crippen molar-refractivity contribution in [3.05, 3.63) is 118 Å². The van der Waals surface area contributed by atoms with Gasteiger partial charge in [0.1, 0.15) is 0 Å². The van der Waals surface area contributed by atoms with Gasteiger partial charge in [0.2, 0.25) is 0 Å². The second kappa shape index (κ2) is 13.2. The van der Waals surface area contributed by atoms with Crippen molar-refractivity contribution in [2.45, 2.75) is 69.5 Å². The molecule has 2 N–H and O–H groups in total. The Labute approximate surface area is 264 Å². The van der Waals surface area contributed by atoms with Gasteiger partial charge in [-0.25, -0.2) is 0 Å². The summed E-state index contributed by atoms with van der Waals surface area (Å²) in [6.07, 6.45) is 5.87. The van der Waals surface area contributed by atoms with Gasteiger partial charge in [0.15, 0.2) is 8.32 Å². The fraction of sp³-hybridized carbons (Fsp3) is 0.371. The lowest BCUT2D eigenvalue weighted by Gasteiger charge is -2.30. The van der Waals surface area contributed by atoms with E-state index in [1.54, 1.807) is 6.20 Å². The number of aromatic nitrogens is 5. The first-order valence-corrected chi connectivity index (χ1v) is 18.8. The van der Waals surface area contributed by atoms with Gasteiger partial charge in [0.05, 0.1) is 47.7 Å². The van der Waals surface area contributed by atoms with Gasteiger partial charge in [-0.1, -0.05) is 72.8 Å². The Morgan fingerprint density at radius 2 is 1.76 bits per heavy atom. The average molecular weight is 624 g/mol. The topological polar surface area (TPSA) is 115 Å². The van der Waals surface area contributed by atoms with Crippen LogP contribution in [-0.2, 0) is 17.7 Å². The Morgan fingerprint density at radius 3 is 2.53 bits per heavy atom. The van der Waals surface area contributed by atoms with Crippen molar-refractivity contribution in [1.82, 2.24) is 24.8 Å². The van der Waals surface area contributed by atoms with Crippen LogP contribution in [0, 0.1) is 5.92 Å². The van der Waals surface area contributed by atoms with Gasteiger partial charge in [-0.2, -0.15) is 9.78 Å². The van der Waals surface area contributed by atoms with Gasteiger partial charge in [0, 0.05) is 23.7 Å². The minimum absolute atomic E-state index is 0.00672. The monoisotopic (exact) mass is 623 g/mol. The average Bonchev–Trinajstić information content (AvgIpc) is 3.64. The summed E-state index contributed by atoms with van der Waals surface area (Å²) in [6.45, 7) is 6.78. The molecule has 0 radical (unpaired) electrons. The Morgan fingerprint density at radius 1 is 0.978 bits per heavy atom. The molecule has 1 fully saturated rings. The van der Waals surface area contributed by atoms with Gasteiger partial charge >= 0.3 is 0 Å². The van der Waals surface area contributed by atoms with E-state index in [2.05, 4.69) is 28.4 Å². The van der Waals surface area contributed by atoms with Crippen LogP contribution in [-0.4, -0.2) is 61.8 Å². The summed E-state index contributed by atoms with van der Waals surface area (Å²) in [5.74, 6) is -0.0180. The van der Waals surface area contributed by atoms with E-state index < -0.39 is 8.32 Å². The molecule has 1 saturated heterocycles. The summed E-state index contributed by atoms with van der Waals surface area (Å²) < 4.78 is 9.97. The highest BCUT2D eigenvalue weighted by molar-refractivity contribution is 6.71. The highest BCUT2D eigenvalue weighted by atomic mass is 28.4. The molecule has 1 aliphatic heterocycles. The molecule has 1 aliphatic rings. The second-order valence-corrected chi connectivity index (χ2v) is 16.7. The zero-order valence-electron chi connectivity index (χ0n) is 26.0. The molecule has 0 saturated carbocycles. The number of ether oxygens (including phenoxy) is 1. The molecule has 0 bridgehead atoms. The molecule has 0 aliphatic carbocycles. The fourth-order valence-corrected chi connectivity index (χ4v) is 9.66. The third kappa shape index (κ3) is 6.69. The van der Waals surface area contributed by atoms with Crippen molar-refractivity contribution in [1.29, 1.82) is 0 Å². The molecule has 0 amide bonds. The summed E-state index contributed by atoms with van der Waals surface area (Å²) in [5.41, 5.74) is 3.54. The van der Waals surface area contributed by atoms with Crippen LogP contribution in [0.5, 0.6) is 0 Å². The predicted octanol–water partition coefficient (Wildman–Crippen LogP) is 5.10. The number of rotatable bonds is 11. The number of aliphatic hydroxyl groups is 1. The molecular weight excluding hydrogens is 583 g/mol. The van der Waals surface area contributed by atoms with Crippen molar-refractivity contribution in [2.75, 3.05) is 6.61 Å². The lowest BCUT2D eigenvalue weighted by atomic mass is 9.95. The van der Waals surface area contributed by atoms with Gasteiger partial charge in [-0.3, -0.25) is 9.48 Å². The van der Waals surface area contributed by atoms with E-state index >= 15 is 0 Å². The van der Waals surface area contributed by atoms with Gasteiger partial charge < -0.3 is 14.6 Å². The largest absolute Gasteiger partial charge is 0.432 e. The smallest absolute Gasteiger partial charge is 0.279 e. The Balaban J connectivity index is 1.12. The lowest BCUT2D eigenvalue weighted by Crippen LogP contribution is -2.40. The number of aryl methyl sites for hydroxylation is 2. The first-order valence-electron chi connectivity index (χ1n) is 15.7. The van der Waals surface area contributed by atoms with Crippen LogP contribution in [0.25, 0.3) is 16.5 Å². The molecular formula is C35H41N5O4Si. The molecule has 45 heavy (non-hydrogen) atoms. The number of aliphatic hydroxyl groups excluding tert-OH is 1. The third-order valence-corrected chi connectivity index (χ3v) is 11.8. The lowest BCUT2D eigenvalue weighted by molar-refractivity contribution is 0.0245. The van der Waals surface area contributed by atoms with E-state index in [0.717, 1.165) is 40.7 Å². The molecule has 5 aromatic rings. The highest BCUT2D eigenvalue weighted by Gasteiger charge is 2.49.